The molecule has 3 aromatic heterocycles. The lowest BCUT2D eigenvalue weighted by Gasteiger charge is -2.21. The van der Waals surface area contributed by atoms with Crippen LogP contribution in [0.15, 0.2) is 18.3 Å². The van der Waals surface area contributed by atoms with E-state index in [1.54, 1.807) is 0 Å². The van der Waals surface area contributed by atoms with Gasteiger partial charge in [0.25, 0.3) is 0 Å². The summed E-state index contributed by atoms with van der Waals surface area (Å²) in [6.07, 6.45) is 1.84. The molecule has 0 amide bonds. The van der Waals surface area contributed by atoms with Crippen LogP contribution in [0.3, 0.4) is 0 Å². The van der Waals surface area contributed by atoms with Crippen LogP contribution >= 0.6 is 0 Å². The molecule has 3 heterocycles. The summed E-state index contributed by atoms with van der Waals surface area (Å²) in [5.41, 5.74) is 3.12. The smallest absolute Gasteiger partial charge is 0.228 e. The van der Waals surface area contributed by atoms with E-state index >= 15 is 0 Å². The molecule has 0 aliphatic heterocycles. The molecular weight excluding hydrogens is 290 g/mol. The molecular formula is C16H23N7. The minimum absolute atomic E-state index is 0.699. The summed E-state index contributed by atoms with van der Waals surface area (Å²) in [4.78, 5) is 16.7. The number of anilines is 2. The molecule has 0 radical (unpaired) electrons. The Bertz CT molecular complexity index is 815. The number of fused-ring (bicyclic) bond motifs is 1. The van der Waals surface area contributed by atoms with Crippen LogP contribution in [0.1, 0.15) is 18.3 Å². The standard InChI is InChI=1S/C16H23N7/c1-6-23-12(7-8-17-23)10-22(5)15-13-9-11(2)18-14(13)19-16(20-15)21(3)4/h7-9H,6,10H2,1-5H3,(H,18,19,20). The van der Waals surface area contributed by atoms with E-state index in [9.17, 15) is 0 Å². The van der Waals surface area contributed by atoms with Gasteiger partial charge in [0, 0.05) is 39.6 Å². The molecule has 0 aliphatic rings. The zero-order valence-electron chi connectivity index (χ0n) is 14.3. The van der Waals surface area contributed by atoms with Gasteiger partial charge < -0.3 is 14.8 Å². The maximum atomic E-state index is 4.74. The summed E-state index contributed by atoms with van der Waals surface area (Å²) in [6.45, 7) is 5.74. The van der Waals surface area contributed by atoms with Crippen molar-refractivity contribution in [2.45, 2.75) is 26.9 Å². The summed E-state index contributed by atoms with van der Waals surface area (Å²) >= 11 is 0. The van der Waals surface area contributed by atoms with E-state index in [2.05, 4.69) is 40.0 Å². The summed E-state index contributed by atoms with van der Waals surface area (Å²) in [6, 6.07) is 4.14. The van der Waals surface area contributed by atoms with Gasteiger partial charge in [0.15, 0.2) is 0 Å². The first-order chi connectivity index (χ1) is 11.0. The lowest BCUT2D eigenvalue weighted by Crippen LogP contribution is -2.22. The molecule has 0 atom stereocenters. The summed E-state index contributed by atoms with van der Waals surface area (Å²) in [5.74, 6) is 1.62. The van der Waals surface area contributed by atoms with Crippen LogP contribution < -0.4 is 9.80 Å². The number of hydrogen-bond acceptors (Lipinski definition) is 5. The highest BCUT2D eigenvalue weighted by Gasteiger charge is 2.16. The van der Waals surface area contributed by atoms with Gasteiger partial charge in [-0.05, 0) is 26.0 Å². The zero-order chi connectivity index (χ0) is 16.6. The lowest BCUT2D eigenvalue weighted by atomic mass is 10.3. The molecule has 0 unspecified atom stereocenters. The second kappa shape index (κ2) is 5.91. The number of hydrogen-bond donors (Lipinski definition) is 1. The Labute approximate surface area is 136 Å². The van der Waals surface area contributed by atoms with Crippen LogP contribution in [0, 0.1) is 6.92 Å². The predicted molar refractivity (Wildman–Crippen MR) is 93.0 cm³/mol. The molecule has 0 spiro atoms. The van der Waals surface area contributed by atoms with Crippen molar-refractivity contribution >= 4 is 22.8 Å². The van der Waals surface area contributed by atoms with Crippen LogP contribution in [0.25, 0.3) is 11.0 Å². The third-order valence-electron chi connectivity index (χ3n) is 3.85. The van der Waals surface area contributed by atoms with Crippen molar-refractivity contribution < 1.29 is 0 Å². The molecule has 7 nitrogen and oxygen atoms in total. The van der Waals surface area contributed by atoms with E-state index in [0.29, 0.717) is 5.95 Å². The fraction of sp³-hybridized carbons (Fsp3) is 0.438. The van der Waals surface area contributed by atoms with E-state index in [-0.39, 0.29) is 0 Å². The molecule has 3 aromatic rings. The molecule has 122 valence electrons. The molecule has 0 saturated carbocycles. The number of rotatable bonds is 5. The number of nitrogens with one attached hydrogen (secondary N) is 1. The second-order valence-corrected chi connectivity index (χ2v) is 5.95. The fourth-order valence-corrected chi connectivity index (χ4v) is 2.70. The van der Waals surface area contributed by atoms with Crippen LogP contribution in [-0.2, 0) is 13.1 Å². The SMILES string of the molecule is CCn1nccc1CN(C)c1nc(N(C)C)nc2[nH]c(C)cc12. The van der Waals surface area contributed by atoms with E-state index < -0.39 is 0 Å². The zero-order valence-corrected chi connectivity index (χ0v) is 14.3. The molecule has 7 heteroatoms. The maximum Gasteiger partial charge on any atom is 0.228 e. The topological polar surface area (TPSA) is 65.9 Å². The highest BCUT2D eigenvalue weighted by Crippen LogP contribution is 2.27. The molecule has 3 rings (SSSR count). The summed E-state index contributed by atoms with van der Waals surface area (Å²) in [7, 11) is 5.95. The minimum Gasteiger partial charge on any atom is -0.353 e. The molecule has 23 heavy (non-hydrogen) atoms. The normalized spacial score (nSPS) is 11.2. The molecule has 1 N–H and O–H groups in total. The Morgan fingerprint density at radius 1 is 1.22 bits per heavy atom. The molecule has 0 aromatic carbocycles. The second-order valence-electron chi connectivity index (χ2n) is 5.95. The molecule has 0 fully saturated rings. The number of aromatic amines is 1. The van der Waals surface area contributed by atoms with Gasteiger partial charge >= 0.3 is 0 Å². The maximum absolute atomic E-state index is 4.74. The average Bonchev–Trinajstić information content (AvgIpc) is 3.10. The Morgan fingerprint density at radius 3 is 2.70 bits per heavy atom. The molecule has 0 bridgehead atoms. The number of nitrogens with zero attached hydrogens (tertiary/aromatic N) is 6. The third-order valence-corrected chi connectivity index (χ3v) is 3.85. The van der Waals surface area contributed by atoms with Crippen molar-refractivity contribution in [2.75, 3.05) is 30.9 Å². The first-order valence-electron chi connectivity index (χ1n) is 7.76. The summed E-state index contributed by atoms with van der Waals surface area (Å²) in [5, 5.41) is 5.38. The lowest BCUT2D eigenvalue weighted by molar-refractivity contribution is 0.616. The molecule has 0 saturated heterocycles. The Morgan fingerprint density at radius 2 is 2.00 bits per heavy atom. The number of aryl methyl sites for hydroxylation is 2. The van der Waals surface area contributed by atoms with Crippen LogP contribution in [0.5, 0.6) is 0 Å². The van der Waals surface area contributed by atoms with Gasteiger partial charge in [-0.3, -0.25) is 4.68 Å². The minimum atomic E-state index is 0.699. The number of aromatic nitrogens is 5. The van der Waals surface area contributed by atoms with Crippen molar-refractivity contribution in [3.05, 3.63) is 29.7 Å². The van der Waals surface area contributed by atoms with Gasteiger partial charge in [0.1, 0.15) is 11.5 Å². The van der Waals surface area contributed by atoms with Crippen molar-refractivity contribution in [3.8, 4) is 0 Å². The molecule has 0 aliphatic carbocycles. The van der Waals surface area contributed by atoms with Gasteiger partial charge in [-0.1, -0.05) is 0 Å². The van der Waals surface area contributed by atoms with Gasteiger partial charge in [-0.25, -0.2) is 0 Å². The van der Waals surface area contributed by atoms with E-state index in [0.717, 1.165) is 35.6 Å². The fourth-order valence-electron chi connectivity index (χ4n) is 2.70. The first kappa shape index (κ1) is 15.3. The summed E-state index contributed by atoms with van der Waals surface area (Å²) < 4.78 is 2.00. The van der Waals surface area contributed by atoms with Gasteiger partial charge in [0.05, 0.1) is 17.6 Å². The van der Waals surface area contributed by atoms with Crippen LogP contribution in [0.4, 0.5) is 11.8 Å². The number of H-pyrrole nitrogens is 1. The first-order valence-corrected chi connectivity index (χ1v) is 7.76. The Balaban J connectivity index is 2.03. The average molecular weight is 313 g/mol. The van der Waals surface area contributed by atoms with E-state index in [1.165, 1.54) is 5.69 Å². The largest absolute Gasteiger partial charge is 0.353 e. The van der Waals surface area contributed by atoms with Gasteiger partial charge in [-0.2, -0.15) is 15.1 Å². The quantitative estimate of drug-likeness (QED) is 0.782. The van der Waals surface area contributed by atoms with E-state index in [1.807, 2.05) is 42.9 Å². The van der Waals surface area contributed by atoms with Gasteiger partial charge in [-0.15, -0.1) is 0 Å². The highest BCUT2D eigenvalue weighted by molar-refractivity contribution is 5.89. The van der Waals surface area contributed by atoms with Crippen molar-refractivity contribution in [2.24, 2.45) is 0 Å². The predicted octanol–water partition coefficient (Wildman–Crippen LogP) is 2.19. The monoisotopic (exact) mass is 313 g/mol. The highest BCUT2D eigenvalue weighted by atomic mass is 15.3. The third kappa shape index (κ3) is 2.86. The van der Waals surface area contributed by atoms with Gasteiger partial charge in [0.2, 0.25) is 5.95 Å². The van der Waals surface area contributed by atoms with E-state index in [4.69, 9.17) is 4.98 Å². The van der Waals surface area contributed by atoms with Crippen LogP contribution in [0.2, 0.25) is 0 Å². The Kier molecular flexibility index (Phi) is 3.94. The van der Waals surface area contributed by atoms with Crippen molar-refractivity contribution in [1.82, 2.24) is 24.7 Å². The Hall–Kier alpha value is -2.57. The van der Waals surface area contributed by atoms with Crippen molar-refractivity contribution in [3.63, 3.8) is 0 Å². The van der Waals surface area contributed by atoms with Crippen molar-refractivity contribution in [1.29, 1.82) is 0 Å². The van der Waals surface area contributed by atoms with Crippen LogP contribution in [-0.4, -0.2) is 45.9 Å².